The molecule has 0 aliphatic heterocycles. The molecule has 0 spiro atoms. The summed E-state index contributed by atoms with van der Waals surface area (Å²) in [5, 5.41) is 7.32. The fraction of sp³-hybridized carbons (Fsp3) is 0.250. The Morgan fingerprint density at radius 3 is 2.61 bits per heavy atom. The van der Waals surface area contributed by atoms with Crippen LogP contribution in [-0.2, 0) is 13.0 Å². The molecule has 0 radical (unpaired) electrons. The van der Waals surface area contributed by atoms with Crippen LogP contribution < -0.4 is 10.9 Å². The first-order valence-corrected chi connectivity index (χ1v) is 10.5. The standard InChI is InChI=1S/C24H25N5O2/c1-2-3-15-29-22(30)14-13-20(28-29)24(31)27-21(16-17-9-5-4-6-10-17)23-25-18-11-7-8-12-19(18)26-23/h4-14,21H,2-3,15-16H2,1H3,(H,25,26)(H,27,31)/t21-/m0/s1. The summed E-state index contributed by atoms with van der Waals surface area (Å²) >= 11 is 0. The van der Waals surface area contributed by atoms with Crippen molar-refractivity contribution in [1.29, 1.82) is 0 Å². The van der Waals surface area contributed by atoms with E-state index in [9.17, 15) is 9.59 Å². The summed E-state index contributed by atoms with van der Waals surface area (Å²) in [5.41, 5.74) is 2.84. The van der Waals surface area contributed by atoms with Gasteiger partial charge in [-0.2, -0.15) is 5.10 Å². The van der Waals surface area contributed by atoms with Crippen LogP contribution in [0.5, 0.6) is 0 Å². The van der Waals surface area contributed by atoms with Crippen LogP contribution in [0.3, 0.4) is 0 Å². The lowest BCUT2D eigenvalue weighted by atomic mass is 10.1. The normalized spacial score (nSPS) is 12.0. The smallest absolute Gasteiger partial charge is 0.272 e. The second-order valence-corrected chi connectivity index (χ2v) is 7.49. The second kappa shape index (κ2) is 9.38. The van der Waals surface area contributed by atoms with Crippen molar-refractivity contribution < 1.29 is 4.79 Å². The zero-order valence-electron chi connectivity index (χ0n) is 17.4. The van der Waals surface area contributed by atoms with E-state index in [0.717, 1.165) is 29.4 Å². The van der Waals surface area contributed by atoms with E-state index in [0.29, 0.717) is 18.8 Å². The Kier molecular flexibility index (Phi) is 6.21. The van der Waals surface area contributed by atoms with E-state index in [2.05, 4.69) is 20.4 Å². The van der Waals surface area contributed by atoms with Gasteiger partial charge in [0.1, 0.15) is 11.5 Å². The Labute approximate surface area is 180 Å². The van der Waals surface area contributed by atoms with E-state index >= 15 is 0 Å². The molecule has 0 bridgehead atoms. The van der Waals surface area contributed by atoms with Gasteiger partial charge in [0.05, 0.1) is 17.1 Å². The quantitative estimate of drug-likeness (QED) is 0.460. The van der Waals surface area contributed by atoms with Gasteiger partial charge in [0.25, 0.3) is 11.5 Å². The highest BCUT2D eigenvalue weighted by atomic mass is 16.2. The van der Waals surface area contributed by atoms with Crippen molar-refractivity contribution in [2.45, 2.75) is 38.8 Å². The van der Waals surface area contributed by atoms with Crippen molar-refractivity contribution in [3.63, 3.8) is 0 Å². The summed E-state index contributed by atoms with van der Waals surface area (Å²) < 4.78 is 1.35. The van der Waals surface area contributed by atoms with Crippen LogP contribution >= 0.6 is 0 Å². The van der Waals surface area contributed by atoms with Crippen LogP contribution in [-0.4, -0.2) is 25.7 Å². The number of aromatic amines is 1. The molecule has 158 valence electrons. The Morgan fingerprint density at radius 2 is 1.84 bits per heavy atom. The van der Waals surface area contributed by atoms with E-state index in [1.165, 1.54) is 16.8 Å². The number of carbonyl (C=O) groups excluding carboxylic acids is 1. The molecule has 31 heavy (non-hydrogen) atoms. The molecule has 4 rings (SSSR count). The van der Waals surface area contributed by atoms with Crippen molar-refractivity contribution in [3.8, 4) is 0 Å². The van der Waals surface area contributed by atoms with Crippen LogP contribution in [0.25, 0.3) is 11.0 Å². The summed E-state index contributed by atoms with van der Waals surface area (Å²) in [6, 6.07) is 20.2. The van der Waals surface area contributed by atoms with Crippen LogP contribution in [0.15, 0.2) is 71.5 Å². The number of unbranched alkanes of at least 4 members (excludes halogenated alkanes) is 1. The lowest BCUT2D eigenvalue weighted by molar-refractivity contribution is 0.0927. The number of hydrogen-bond acceptors (Lipinski definition) is 4. The number of para-hydroxylation sites is 2. The molecule has 2 aromatic heterocycles. The maximum atomic E-state index is 13.0. The largest absolute Gasteiger partial charge is 0.340 e. The third kappa shape index (κ3) is 4.88. The summed E-state index contributed by atoms with van der Waals surface area (Å²) in [5.74, 6) is 0.337. The highest BCUT2D eigenvalue weighted by Crippen LogP contribution is 2.20. The maximum Gasteiger partial charge on any atom is 0.272 e. The molecular formula is C24H25N5O2. The van der Waals surface area contributed by atoms with E-state index in [-0.39, 0.29) is 23.2 Å². The van der Waals surface area contributed by atoms with Gasteiger partial charge in [-0.05, 0) is 36.6 Å². The first-order valence-electron chi connectivity index (χ1n) is 10.5. The molecule has 2 aromatic carbocycles. The van der Waals surface area contributed by atoms with Gasteiger partial charge >= 0.3 is 0 Å². The molecule has 7 nitrogen and oxygen atoms in total. The molecule has 0 saturated carbocycles. The molecular weight excluding hydrogens is 390 g/mol. The minimum Gasteiger partial charge on any atom is -0.340 e. The van der Waals surface area contributed by atoms with Crippen molar-refractivity contribution >= 4 is 16.9 Å². The maximum absolute atomic E-state index is 13.0. The molecule has 0 saturated heterocycles. The first kappa shape index (κ1) is 20.5. The van der Waals surface area contributed by atoms with Crippen molar-refractivity contribution in [3.05, 3.63) is 94.2 Å². The number of nitrogens with one attached hydrogen (secondary N) is 2. The number of aromatic nitrogens is 4. The number of hydrogen-bond donors (Lipinski definition) is 2. The van der Waals surface area contributed by atoms with Crippen LogP contribution in [0.2, 0.25) is 0 Å². The third-order valence-electron chi connectivity index (χ3n) is 5.15. The molecule has 1 amide bonds. The molecule has 2 heterocycles. The Hall–Kier alpha value is -3.74. The molecule has 1 atom stereocenters. The summed E-state index contributed by atoms with van der Waals surface area (Å²) in [4.78, 5) is 33.1. The van der Waals surface area contributed by atoms with E-state index in [1.54, 1.807) is 0 Å². The number of aryl methyl sites for hydroxylation is 1. The van der Waals surface area contributed by atoms with Crippen LogP contribution in [0.1, 0.15) is 47.7 Å². The minimum atomic E-state index is -0.375. The zero-order valence-corrected chi connectivity index (χ0v) is 17.4. The lowest BCUT2D eigenvalue weighted by Gasteiger charge is -2.17. The fourth-order valence-electron chi connectivity index (χ4n) is 3.47. The number of imidazole rings is 1. The molecule has 0 aliphatic carbocycles. The molecule has 7 heteroatoms. The predicted molar refractivity (Wildman–Crippen MR) is 120 cm³/mol. The topological polar surface area (TPSA) is 92.7 Å². The Balaban J connectivity index is 1.62. The lowest BCUT2D eigenvalue weighted by Crippen LogP contribution is -2.33. The highest BCUT2D eigenvalue weighted by Gasteiger charge is 2.21. The van der Waals surface area contributed by atoms with E-state index in [1.807, 2.05) is 61.5 Å². The molecule has 0 fully saturated rings. The van der Waals surface area contributed by atoms with Gasteiger partial charge in [-0.25, -0.2) is 9.67 Å². The highest BCUT2D eigenvalue weighted by molar-refractivity contribution is 5.92. The van der Waals surface area contributed by atoms with Gasteiger partial charge < -0.3 is 10.3 Å². The summed E-state index contributed by atoms with van der Waals surface area (Å²) in [7, 11) is 0. The van der Waals surface area contributed by atoms with Gasteiger partial charge in [0.15, 0.2) is 0 Å². The van der Waals surface area contributed by atoms with E-state index in [4.69, 9.17) is 0 Å². The Morgan fingerprint density at radius 1 is 1.06 bits per heavy atom. The van der Waals surface area contributed by atoms with Gasteiger partial charge in [0, 0.05) is 12.6 Å². The minimum absolute atomic E-state index is 0.205. The number of carbonyl (C=O) groups is 1. The Bertz CT molecular complexity index is 1200. The van der Waals surface area contributed by atoms with E-state index < -0.39 is 0 Å². The SMILES string of the molecule is CCCCn1nc(C(=O)N[C@@H](Cc2ccccc2)c2nc3ccccc3[nH]2)ccc1=O. The first-order chi connectivity index (χ1) is 15.1. The second-order valence-electron chi connectivity index (χ2n) is 7.49. The number of amides is 1. The van der Waals surface area contributed by atoms with Gasteiger partial charge in [-0.1, -0.05) is 55.8 Å². The summed E-state index contributed by atoms with van der Waals surface area (Å²) in [6.45, 7) is 2.54. The molecule has 0 unspecified atom stereocenters. The number of nitrogens with zero attached hydrogens (tertiary/aromatic N) is 3. The fourth-order valence-corrected chi connectivity index (χ4v) is 3.47. The van der Waals surface area contributed by atoms with Gasteiger partial charge in [-0.15, -0.1) is 0 Å². The monoisotopic (exact) mass is 415 g/mol. The van der Waals surface area contributed by atoms with Crippen LogP contribution in [0, 0.1) is 0 Å². The number of H-pyrrole nitrogens is 1. The average Bonchev–Trinajstić information content (AvgIpc) is 3.23. The molecule has 2 N–H and O–H groups in total. The number of benzene rings is 2. The third-order valence-corrected chi connectivity index (χ3v) is 5.15. The predicted octanol–water partition coefficient (Wildman–Crippen LogP) is 3.63. The van der Waals surface area contributed by atoms with Gasteiger partial charge in [0.2, 0.25) is 0 Å². The summed E-state index contributed by atoms with van der Waals surface area (Å²) in [6.07, 6.45) is 2.34. The van der Waals surface area contributed by atoms with Gasteiger partial charge in [-0.3, -0.25) is 9.59 Å². The van der Waals surface area contributed by atoms with Crippen molar-refractivity contribution in [2.24, 2.45) is 0 Å². The molecule has 4 aromatic rings. The van der Waals surface area contributed by atoms with Crippen molar-refractivity contribution in [2.75, 3.05) is 0 Å². The van der Waals surface area contributed by atoms with Crippen LogP contribution in [0.4, 0.5) is 0 Å². The number of fused-ring (bicyclic) bond motifs is 1. The average molecular weight is 415 g/mol. The number of rotatable bonds is 8. The van der Waals surface area contributed by atoms with Crippen molar-refractivity contribution in [1.82, 2.24) is 25.1 Å². The zero-order chi connectivity index (χ0) is 21.6. The molecule has 0 aliphatic rings.